The van der Waals surface area contributed by atoms with Crippen molar-refractivity contribution < 1.29 is 19.1 Å². The van der Waals surface area contributed by atoms with Gasteiger partial charge >= 0.3 is 6.09 Å². The van der Waals surface area contributed by atoms with Crippen LogP contribution < -0.4 is 10.2 Å². The summed E-state index contributed by atoms with van der Waals surface area (Å²) in [5, 5.41) is 3.02. The molecule has 3 aromatic rings. The molecule has 1 saturated carbocycles. The van der Waals surface area contributed by atoms with Crippen molar-refractivity contribution in [2.45, 2.75) is 32.4 Å². The second-order valence-electron chi connectivity index (χ2n) is 9.19. The molecule has 5 rings (SSSR count). The van der Waals surface area contributed by atoms with Gasteiger partial charge in [-0.2, -0.15) is 0 Å². The summed E-state index contributed by atoms with van der Waals surface area (Å²) in [7, 11) is 0. The molecular formula is C28H28N4O4. The fourth-order valence-electron chi connectivity index (χ4n) is 4.16. The molecule has 1 aromatic heterocycles. The Labute approximate surface area is 209 Å². The number of hydrogen-bond donors (Lipinski definition) is 1. The zero-order chi connectivity index (χ0) is 25.1. The van der Waals surface area contributed by atoms with E-state index >= 15 is 0 Å². The van der Waals surface area contributed by atoms with E-state index in [1.807, 2.05) is 61.5 Å². The van der Waals surface area contributed by atoms with E-state index in [2.05, 4.69) is 10.3 Å². The summed E-state index contributed by atoms with van der Waals surface area (Å²) >= 11 is 0. The van der Waals surface area contributed by atoms with Crippen LogP contribution in [0.25, 0.3) is 11.1 Å². The molecule has 1 aliphatic heterocycles. The quantitative estimate of drug-likeness (QED) is 0.572. The number of aryl methyl sites for hydroxylation is 1. The van der Waals surface area contributed by atoms with Crippen molar-refractivity contribution in [3.8, 4) is 11.1 Å². The summed E-state index contributed by atoms with van der Waals surface area (Å²) in [5.74, 6) is 0.253. The first-order chi connectivity index (χ1) is 17.5. The summed E-state index contributed by atoms with van der Waals surface area (Å²) in [6.45, 7) is 2.79. The Bertz CT molecular complexity index is 1270. The third-order valence-electron chi connectivity index (χ3n) is 6.43. The number of carbonyl (C=O) groups excluding carboxylic acids is 3. The Morgan fingerprint density at radius 2 is 1.86 bits per heavy atom. The first-order valence-electron chi connectivity index (χ1n) is 12.1. The van der Waals surface area contributed by atoms with Crippen molar-refractivity contribution in [1.29, 1.82) is 0 Å². The molecule has 3 amide bonds. The first-order valence-corrected chi connectivity index (χ1v) is 12.1. The van der Waals surface area contributed by atoms with Gasteiger partial charge in [0.15, 0.2) is 0 Å². The maximum absolute atomic E-state index is 12.8. The van der Waals surface area contributed by atoms with E-state index in [9.17, 15) is 14.4 Å². The summed E-state index contributed by atoms with van der Waals surface area (Å²) in [6, 6.07) is 19.1. The Hall–Kier alpha value is -4.20. The van der Waals surface area contributed by atoms with E-state index < -0.39 is 6.09 Å². The van der Waals surface area contributed by atoms with Gasteiger partial charge in [0.1, 0.15) is 19.0 Å². The number of amides is 3. The van der Waals surface area contributed by atoms with Gasteiger partial charge in [0.25, 0.3) is 5.91 Å². The van der Waals surface area contributed by atoms with Crippen LogP contribution in [0.3, 0.4) is 0 Å². The van der Waals surface area contributed by atoms with E-state index in [1.165, 1.54) is 4.90 Å². The van der Waals surface area contributed by atoms with Crippen molar-refractivity contribution in [2.24, 2.45) is 0 Å². The van der Waals surface area contributed by atoms with Crippen molar-refractivity contribution in [3.05, 3.63) is 83.6 Å². The van der Waals surface area contributed by atoms with E-state index in [-0.39, 0.29) is 25.0 Å². The van der Waals surface area contributed by atoms with E-state index in [4.69, 9.17) is 4.74 Å². The van der Waals surface area contributed by atoms with Crippen LogP contribution in [0.1, 0.15) is 34.3 Å². The van der Waals surface area contributed by atoms with Gasteiger partial charge in [-0.3, -0.25) is 19.4 Å². The number of anilines is 1. The highest BCUT2D eigenvalue weighted by Crippen LogP contribution is 2.27. The van der Waals surface area contributed by atoms with Gasteiger partial charge in [-0.25, -0.2) is 9.78 Å². The smallest absolute Gasteiger partial charge is 0.410 e. The Morgan fingerprint density at radius 3 is 2.56 bits per heavy atom. The van der Waals surface area contributed by atoms with Crippen molar-refractivity contribution in [1.82, 2.24) is 15.2 Å². The number of hydrogen-bond acceptors (Lipinski definition) is 5. The number of ether oxygens (including phenoxy) is 1. The van der Waals surface area contributed by atoms with Crippen LogP contribution in [-0.2, 0) is 16.1 Å². The van der Waals surface area contributed by atoms with Gasteiger partial charge in [0.05, 0.1) is 0 Å². The van der Waals surface area contributed by atoms with E-state index in [0.717, 1.165) is 35.1 Å². The molecule has 0 spiro atoms. The molecule has 8 heteroatoms. The minimum absolute atomic E-state index is 0.0610. The average Bonchev–Trinajstić information content (AvgIpc) is 3.72. The van der Waals surface area contributed by atoms with E-state index in [0.29, 0.717) is 30.5 Å². The lowest BCUT2D eigenvalue weighted by molar-refractivity contribution is -0.121. The van der Waals surface area contributed by atoms with Crippen LogP contribution in [0.5, 0.6) is 0 Å². The first kappa shape index (κ1) is 23.5. The number of nitrogens with zero attached hydrogens (tertiary/aromatic N) is 3. The van der Waals surface area contributed by atoms with Gasteiger partial charge in [0.2, 0.25) is 5.91 Å². The topological polar surface area (TPSA) is 91.8 Å². The number of carbonyl (C=O) groups is 3. The molecule has 0 bridgehead atoms. The summed E-state index contributed by atoms with van der Waals surface area (Å²) in [4.78, 5) is 45.2. The lowest BCUT2D eigenvalue weighted by Gasteiger charge is -2.33. The molecular weight excluding hydrogens is 456 g/mol. The van der Waals surface area contributed by atoms with Crippen LogP contribution in [-0.4, -0.2) is 53.5 Å². The van der Waals surface area contributed by atoms with Crippen LogP contribution in [0.4, 0.5) is 10.6 Å². The zero-order valence-electron chi connectivity index (χ0n) is 20.1. The number of rotatable bonds is 6. The van der Waals surface area contributed by atoms with Crippen molar-refractivity contribution in [3.63, 3.8) is 0 Å². The van der Waals surface area contributed by atoms with Gasteiger partial charge in [0, 0.05) is 36.5 Å². The standard InChI is InChI=1S/C28H28N4O4/c1-19-7-8-21(27(34)30-23-10-11-23)15-24(19)22-9-12-25(29-16-22)32-14-13-31(17-26(32)33)28(35)36-18-20-5-3-2-4-6-20/h2-9,12,15-16,23H,10-11,13-14,17-18H2,1H3,(H,30,34). The second kappa shape index (κ2) is 10.2. The number of pyridine rings is 1. The third-order valence-corrected chi connectivity index (χ3v) is 6.43. The molecule has 8 nitrogen and oxygen atoms in total. The normalized spacial score (nSPS) is 15.5. The Kier molecular flexibility index (Phi) is 6.66. The molecule has 1 saturated heterocycles. The predicted molar refractivity (Wildman–Crippen MR) is 135 cm³/mol. The van der Waals surface area contributed by atoms with Crippen LogP contribution in [0.2, 0.25) is 0 Å². The lowest BCUT2D eigenvalue weighted by Crippen LogP contribution is -2.52. The second-order valence-corrected chi connectivity index (χ2v) is 9.19. The number of benzene rings is 2. The molecule has 0 radical (unpaired) electrons. The van der Waals surface area contributed by atoms with Gasteiger partial charge in [-0.15, -0.1) is 0 Å². The Morgan fingerprint density at radius 1 is 1.06 bits per heavy atom. The highest BCUT2D eigenvalue weighted by Gasteiger charge is 2.29. The average molecular weight is 485 g/mol. The van der Waals surface area contributed by atoms with Crippen molar-refractivity contribution in [2.75, 3.05) is 24.5 Å². The SMILES string of the molecule is Cc1ccc(C(=O)NC2CC2)cc1-c1ccc(N2CCN(C(=O)OCc3ccccc3)CC2=O)nc1. The van der Waals surface area contributed by atoms with Crippen LogP contribution >= 0.6 is 0 Å². The van der Waals surface area contributed by atoms with Gasteiger partial charge in [-0.05, 0) is 60.7 Å². The molecule has 184 valence electrons. The largest absolute Gasteiger partial charge is 0.445 e. The maximum Gasteiger partial charge on any atom is 0.410 e. The maximum atomic E-state index is 12.8. The number of aromatic nitrogens is 1. The predicted octanol–water partition coefficient (Wildman–Crippen LogP) is 3.93. The highest BCUT2D eigenvalue weighted by atomic mass is 16.6. The van der Waals surface area contributed by atoms with Gasteiger partial charge in [-0.1, -0.05) is 36.4 Å². The fourth-order valence-corrected chi connectivity index (χ4v) is 4.16. The highest BCUT2D eigenvalue weighted by molar-refractivity contribution is 5.97. The minimum atomic E-state index is -0.503. The molecule has 1 aliphatic carbocycles. The third kappa shape index (κ3) is 5.38. The molecule has 2 aliphatic rings. The molecule has 0 atom stereocenters. The molecule has 1 N–H and O–H groups in total. The summed E-state index contributed by atoms with van der Waals surface area (Å²) in [6.07, 6.45) is 3.29. The Balaban J connectivity index is 1.21. The molecule has 0 unspecified atom stereocenters. The van der Waals surface area contributed by atoms with Crippen LogP contribution in [0.15, 0.2) is 66.9 Å². The lowest BCUT2D eigenvalue weighted by atomic mass is 9.99. The summed E-state index contributed by atoms with van der Waals surface area (Å²) < 4.78 is 5.36. The van der Waals surface area contributed by atoms with Crippen molar-refractivity contribution >= 4 is 23.7 Å². The fraction of sp³-hybridized carbons (Fsp3) is 0.286. The number of piperazine rings is 1. The zero-order valence-corrected chi connectivity index (χ0v) is 20.1. The molecule has 2 heterocycles. The number of nitrogens with one attached hydrogen (secondary N) is 1. The molecule has 2 aromatic carbocycles. The molecule has 2 fully saturated rings. The van der Waals surface area contributed by atoms with E-state index in [1.54, 1.807) is 17.2 Å². The minimum Gasteiger partial charge on any atom is -0.445 e. The summed E-state index contributed by atoms with van der Waals surface area (Å²) in [5.41, 5.74) is 4.34. The molecule has 36 heavy (non-hydrogen) atoms. The van der Waals surface area contributed by atoms with Gasteiger partial charge < -0.3 is 10.1 Å². The van der Waals surface area contributed by atoms with Crippen LogP contribution in [0, 0.1) is 6.92 Å². The monoisotopic (exact) mass is 484 g/mol.